The second-order valence-corrected chi connectivity index (χ2v) is 7.50. The van der Waals surface area contributed by atoms with Gasteiger partial charge in [0, 0.05) is 4.88 Å². The molecule has 3 rings (SSSR count). The second kappa shape index (κ2) is 7.30. The lowest BCUT2D eigenvalue weighted by molar-refractivity contribution is 0.414. The van der Waals surface area contributed by atoms with Crippen molar-refractivity contribution in [2.75, 3.05) is 12.9 Å². The van der Waals surface area contributed by atoms with Gasteiger partial charge in [-0.2, -0.15) is 5.26 Å². The number of aryl methyl sites for hydroxylation is 2. The predicted molar refractivity (Wildman–Crippen MR) is 102 cm³/mol. The quantitative estimate of drug-likeness (QED) is 0.502. The summed E-state index contributed by atoms with van der Waals surface area (Å²) in [6, 6.07) is 9.38. The molecular formula is C18H17N3O2S2. The highest BCUT2D eigenvalue weighted by Crippen LogP contribution is 2.30. The van der Waals surface area contributed by atoms with Crippen LogP contribution in [0.3, 0.4) is 0 Å². The molecular weight excluding hydrogens is 354 g/mol. The van der Waals surface area contributed by atoms with E-state index in [9.17, 15) is 4.79 Å². The van der Waals surface area contributed by atoms with Crippen molar-refractivity contribution in [1.29, 1.82) is 5.26 Å². The van der Waals surface area contributed by atoms with Gasteiger partial charge in [-0.15, -0.1) is 11.3 Å². The van der Waals surface area contributed by atoms with Crippen molar-refractivity contribution in [2.45, 2.75) is 25.4 Å². The predicted octanol–water partition coefficient (Wildman–Crippen LogP) is 3.94. The maximum atomic E-state index is 13.3. The first kappa shape index (κ1) is 17.5. The SMILES string of the molecule is CCc1c(C)sc2nc(SCC#N)n(-c3ccc(OC)cc3)c(=O)c12. The zero-order valence-electron chi connectivity index (χ0n) is 14.2. The molecule has 0 saturated heterocycles. The van der Waals surface area contributed by atoms with Crippen LogP contribution in [-0.4, -0.2) is 22.4 Å². The molecule has 0 aliphatic heterocycles. The Kier molecular flexibility index (Phi) is 5.11. The van der Waals surface area contributed by atoms with Crippen LogP contribution in [0.2, 0.25) is 0 Å². The van der Waals surface area contributed by atoms with Crippen molar-refractivity contribution in [3.63, 3.8) is 0 Å². The topological polar surface area (TPSA) is 67.9 Å². The van der Waals surface area contributed by atoms with Crippen molar-refractivity contribution < 1.29 is 4.74 Å². The lowest BCUT2D eigenvalue weighted by atomic mass is 10.1. The van der Waals surface area contributed by atoms with Crippen LogP contribution in [0.5, 0.6) is 5.75 Å². The molecule has 0 spiro atoms. The summed E-state index contributed by atoms with van der Waals surface area (Å²) < 4.78 is 6.78. The fraction of sp³-hybridized carbons (Fsp3) is 0.278. The van der Waals surface area contributed by atoms with Gasteiger partial charge in [0.05, 0.1) is 30.0 Å². The number of rotatable bonds is 5. The van der Waals surface area contributed by atoms with Crippen LogP contribution in [0.4, 0.5) is 0 Å². The number of fused-ring (bicyclic) bond motifs is 1. The van der Waals surface area contributed by atoms with Crippen LogP contribution in [0.1, 0.15) is 17.4 Å². The molecule has 0 saturated carbocycles. The molecule has 0 fully saturated rings. The molecule has 128 valence electrons. The third-order valence-corrected chi connectivity index (χ3v) is 5.79. The third kappa shape index (κ3) is 3.15. The van der Waals surface area contributed by atoms with Crippen molar-refractivity contribution in [1.82, 2.24) is 9.55 Å². The van der Waals surface area contributed by atoms with Gasteiger partial charge < -0.3 is 4.74 Å². The van der Waals surface area contributed by atoms with Crippen LogP contribution < -0.4 is 10.3 Å². The number of aromatic nitrogens is 2. The molecule has 7 heteroatoms. The van der Waals surface area contributed by atoms with E-state index < -0.39 is 0 Å². The Morgan fingerprint density at radius 2 is 2.08 bits per heavy atom. The van der Waals surface area contributed by atoms with Crippen molar-refractivity contribution >= 4 is 33.3 Å². The van der Waals surface area contributed by atoms with Crippen LogP contribution in [0.15, 0.2) is 34.2 Å². The van der Waals surface area contributed by atoms with E-state index in [1.807, 2.05) is 38.1 Å². The molecule has 5 nitrogen and oxygen atoms in total. The first-order chi connectivity index (χ1) is 12.1. The summed E-state index contributed by atoms with van der Waals surface area (Å²) in [5.41, 5.74) is 1.68. The molecule has 0 aliphatic rings. The average Bonchev–Trinajstić information content (AvgIpc) is 2.95. The van der Waals surface area contributed by atoms with Gasteiger partial charge in [0.1, 0.15) is 10.6 Å². The van der Waals surface area contributed by atoms with E-state index in [-0.39, 0.29) is 11.3 Å². The first-order valence-corrected chi connectivity index (χ1v) is 9.60. The van der Waals surface area contributed by atoms with Crippen LogP contribution in [0, 0.1) is 18.3 Å². The molecule has 0 N–H and O–H groups in total. The number of methoxy groups -OCH3 is 1. The van der Waals surface area contributed by atoms with Crippen molar-refractivity contribution in [3.8, 4) is 17.5 Å². The van der Waals surface area contributed by atoms with Gasteiger partial charge >= 0.3 is 0 Å². The Balaban J connectivity index is 2.31. The first-order valence-electron chi connectivity index (χ1n) is 7.79. The van der Waals surface area contributed by atoms with Crippen LogP contribution in [-0.2, 0) is 6.42 Å². The molecule has 0 amide bonds. The fourth-order valence-corrected chi connectivity index (χ4v) is 4.60. The van der Waals surface area contributed by atoms with E-state index in [0.29, 0.717) is 16.2 Å². The molecule has 25 heavy (non-hydrogen) atoms. The molecule has 3 aromatic rings. The lowest BCUT2D eigenvalue weighted by Gasteiger charge is -2.12. The molecule has 0 atom stereocenters. The van der Waals surface area contributed by atoms with Gasteiger partial charge in [-0.05, 0) is 43.2 Å². The van der Waals surface area contributed by atoms with E-state index in [1.165, 1.54) is 23.1 Å². The van der Waals surface area contributed by atoms with E-state index in [1.54, 1.807) is 11.7 Å². The average molecular weight is 371 g/mol. The number of thioether (sulfide) groups is 1. The van der Waals surface area contributed by atoms with Gasteiger partial charge in [0.2, 0.25) is 0 Å². The minimum absolute atomic E-state index is 0.0863. The molecule has 0 radical (unpaired) electrons. The third-order valence-electron chi connectivity index (χ3n) is 3.95. The highest BCUT2D eigenvalue weighted by atomic mass is 32.2. The summed E-state index contributed by atoms with van der Waals surface area (Å²) >= 11 is 2.80. The number of thiophene rings is 1. The normalized spacial score (nSPS) is 10.8. The van der Waals surface area contributed by atoms with E-state index in [4.69, 9.17) is 10.00 Å². The Hall–Kier alpha value is -2.30. The maximum absolute atomic E-state index is 13.3. The number of hydrogen-bond acceptors (Lipinski definition) is 6. The Morgan fingerprint density at radius 1 is 1.36 bits per heavy atom. The highest BCUT2D eigenvalue weighted by Gasteiger charge is 2.19. The largest absolute Gasteiger partial charge is 0.497 e. The Morgan fingerprint density at radius 3 is 2.68 bits per heavy atom. The zero-order chi connectivity index (χ0) is 18.0. The highest BCUT2D eigenvalue weighted by molar-refractivity contribution is 7.99. The summed E-state index contributed by atoms with van der Waals surface area (Å²) in [7, 11) is 1.60. The number of nitrogens with zero attached hydrogens (tertiary/aromatic N) is 3. The van der Waals surface area contributed by atoms with Gasteiger partial charge in [-0.25, -0.2) is 4.98 Å². The summed E-state index contributed by atoms with van der Waals surface area (Å²) in [6.45, 7) is 4.06. The monoisotopic (exact) mass is 371 g/mol. The number of hydrogen-bond donors (Lipinski definition) is 0. The summed E-state index contributed by atoms with van der Waals surface area (Å²) in [5, 5.41) is 10.1. The number of ether oxygens (including phenoxy) is 1. The molecule has 2 aromatic heterocycles. The maximum Gasteiger partial charge on any atom is 0.267 e. The second-order valence-electron chi connectivity index (χ2n) is 5.35. The molecule has 2 heterocycles. The van der Waals surface area contributed by atoms with Crippen LogP contribution >= 0.6 is 23.1 Å². The Labute approximate surface area is 153 Å². The summed E-state index contributed by atoms with van der Waals surface area (Å²) in [5.74, 6) is 0.955. The molecule has 0 unspecified atom stereocenters. The Bertz CT molecular complexity index is 1010. The molecule has 0 bridgehead atoms. The van der Waals surface area contributed by atoms with Gasteiger partial charge in [0.25, 0.3) is 5.56 Å². The van der Waals surface area contributed by atoms with E-state index in [0.717, 1.165) is 27.4 Å². The molecule has 0 aliphatic carbocycles. The zero-order valence-corrected chi connectivity index (χ0v) is 15.8. The number of benzene rings is 1. The van der Waals surface area contributed by atoms with Crippen molar-refractivity contribution in [3.05, 3.63) is 45.1 Å². The van der Waals surface area contributed by atoms with E-state index >= 15 is 0 Å². The standard InChI is InChI=1S/C18H17N3O2S2/c1-4-14-11(2)25-16-15(14)17(22)21(18(20-16)24-10-9-19)12-5-7-13(23-3)8-6-12/h5-8H,4,10H2,1-3H3. The fourth-order valence-electron chi connectivity index (χ4n) is 2.78. The van der Waals surface area contributed by atoms with Gasteiger partial charge in [-0.3, -0.25) is 9.36 Å². The smallest absolute Gasteiger partial charge is 0.267 e. The minimum atomic E-state index is -0.0863. The minimum Gasteiger partial charge on any atom is -0.497 e. The van der Waals surface area contributed by atoms with Crippen molar-refractivity contribution in [2.24, 2.45) is 0 Å². The summed E-state index contributed by atoms with van der Waals surface area (Å²) in [4.78, 5) is 19.8. The van der Waals surface area contributed by atoms with E-state index in [2.05, 4.69) is 11.1 Å². The van der Waals surface area contributed by atoms with Crippen LogP contribution in [0.25, 0.3) is 15.9 Å². The summed E-state index contributed by atoms with van der Waals surface area (Å²) in [6.07, 6.45) is 0.788. The lowest BCUT2D eigenvalue weighted by Crippen LogP contribution is -2.22. The number of nitriles is 1. The molecule has 1 aromatic carbocycles. The van der Waals surface area contributed by atoms with Gasteiger partial charge in [0.15, 0.2) is 5.16 Å². The van der Waals surface area contributed by atoms with Gasteiger partial charge in [-0.1, -0.05) is 18.7 Å².